The van der Waals surface area contributed by atoms with Crippen molar-refractivity contribution in [3.8, 4) is 11.8 Å². The fraction of sp³-hybridized carbons (Fsp3) is 0.417. The van der Waals surface area contributed by atoms with Crippen molar-refractivity contribution in [1.82, 2.24) is 0 Å². The number of nitrogens with zero attached hydrogens (tertiary/aromatic N) is 1. The number of esters is 1. The molecule has 0 heterocycles. The molecule has 1 fully saturated rings. The van der Waals surface area contributed by atoms with E-state index in [9.17, 15) is 13.6 Å². The van der Waals surface area contributed by atoms with Gasteiger partial charge in [-0.2, -0.15) is 9.65 Å². The molecule has 0 spiro atoms. The summed E-state index contributed by atoms with van der Waals surface area (Å²) in [4.78, 5) is 12.4. The van der Waals surface area contributed by atoms with E-state index in [1.165, 1.54) is 24.0 Å². The molecule has 0 aromatic heterocycles. The van der Waals surface area contributed by atoms with Gasteiger partial charge < -0.3 is 4.74 Å². The van der Waals surface area contributed by atoms with Crippen molar-refractivity contribution in [2.75, 3.05) is 0 Å². The summed E-state index contributed by atoms with van der Waals surface area (Å²) in [7, 11) is 0. The van der Waals surface area contributed by atoms with Gasteiger partial charge in [-0.1, -0.05) is 37.6 Å². The molecule has 0 N–H and O–H groups in total. The van der Waals surface area contributed by atoms with Crippen LogP contribution in [0.5, 0.6) is 5.75 Å². The lowest BCUT2D eigenvalue weighted by molar-refractivity contribution is -0.140. The molecule has 152 valence electrons. The monoisotopic (exact) mass is 397 g/mol. The zero-order valence-electron chi connectivity index (χ0n) is 16.6. The van der Waals surface area contributed by atoms with E-state index in [1.807, 2.05) is 0 Å². The maximum Gasteiger partial charge on any atom is 0.314 e. The molecule has 5 heteroatoms. The van der Waals surface area contributed by atoms with Crippen molar-refractivity contribution < 1.29 is 18.3 Å². The summed E-state index contributed by atoms with van der Waals surface area (Å²) < 4.78 is 32.8. The van der Waals surface area contributed by atoms with Crippen LogP contribution in [0.3, 0.4) is 0 Å². The maximum absolute atomic E-state index is 14.0. The first-order valence-corrected chi connectivity index (χ1v) is 10.2. The Morgan fingerprint density at radius 3 is 2.38 bits per heavy atom. The summed E-state index contributed by atoms with van der Waals surface area (Å²) >= 11 is 0. The molecule has 3 rings (SSSR count). The lowest BCUT2D eigenvalue weighted by Crippen LogP contribution is -2.25. The van der Waals surface area contributed by atoms with E-state index < -0.39 is 28.9 Å². The molecule has 0 aliphatic heterocycles. The molecule has 0 saturated heterocycles. The van der Waals surface area contributed by atoms with Crippen molar-refractivity contribution in [1.29, 1.82) is 5.26 Å². The molecular formula is C24H25F2NO2. The highest BCUT2D eigenvalue weighted by Gasteiger charge is 2.29. The van der Waals surface area contributed by atoms with Crippen molar-refractivity contribution in [3.05, 3.63) is 64.7 Å². The maximum atomic E-state index is 14.0. The summed E-state index contributed by atoms with van der Waals surface area (Å²) in [6, 6.07) is 12.5. The first-order valence-electron chi connectivity index (χ1n) is 10.2. The van der Waals surface area contributed by atoms with Gasteiger partial charge in [0.15, 0.2) is 11.6 Å². The predicted octanol–water partition coefficient (Wildman–Crippen LogP) is 6.06. The summed E-state index contributed by atoms with van der Waals surface area (Å²) in [6.45, 7) is 2.18. The van der Waals surface area contributed by atoms with Crippen molar-refractivity contribution in [3.63, 3.8) is 0 Å². The third-order valence-corrected chi connectivity index (χ3v) is 5.71. The van der Waals surface area contributed by atoms with Crippen LogP contribution in [-0.4, -0.2) is 5.97 Å². The van der Waals surface area contributed by atoms with Crippen LogP contribution >= 0.6 is 0 Å². The number of rotatable bonds is 6. The highest BCUT2D eigenvalue weighted by atomic mass is 19.2. The zero-order valence-corrected chi connectivity index (χ0v) is 16.6. The second kappa shape index (κ2) is 9.65. The first kappa shape index (κ1) is 21.0. The van der Waals surface area contributed by atoms with Gasteiger partial charge in [-0.25, -0.2) is 4.39 Å². The molecule has 0 atom stereocenters. The summed E-state index contributed by atoms with van der Waals surface area (Å²) in [5, 5.41) is 8.73. The van der Waals surface area contributed by atoms with Crippen molar-refractivity contribution >= 4 is 5.97 Å². The number of nitriles is 1. The van der Waals surface area contributed by atoms with Gasteiger partial charge in [0.2, 0.25) is 5.82 Å². The van der Waals surface area contributed by atoms with Crippen LogP contribution in [0.15, 0.2) is 36.4 Å². The van der Waals surface area contributed by atoms with Gasteiger partial charge in [0, 0.05) is 0 Å². The van der Waals surface area contributed by atoms with Crippen LogP contribution < -0.4 is 4.74 Å². The molecular weight excluding hydrogens is 372 g/mol. The van der Waals surface area contributed by atoms with E-state index in [-0.39, 0.29) is 5.92 Å². The van der Waals surface area contributed by atoms with Gasteiger partial charge in [-0.3, -0.25) is 4.79 Å². The molecule has 1 saturated carbocycles. The van der Waals surface area contributed by atoms with Gasteiger partial charge in [-0.15, -0.1) is 0 Å². The van der Waals surface area contributed by atoms with E-state index in [0.29, 0.717) is 18.8 Å². The molecule has 2 aromatic rings. The average Bonchev–Trinajstić information content (AvgIpc) is 2.76. The smallest absolute Gasteiger partial charge is 0.314 e. The molecule has 0 amide bonds. The number of hydrogen-bond donors (Lipinski definition) is 0. The Hall–Kier alpha value is -2.74. The Labute approximate surface area is 170 Å². The van der Waals surface area contributed by atoms with E-state index in [2.05, 4.69) is 31.2 Å². The van der Waals surface area contributed by atoms with Crippen LogP contribution in [0.25, 0.3) is 0 Å². The number of hydrogen-bond acceptors (Lipinski definition) is 3. The summed E-state index contributed by atoms with van der Waals surface area (Å²) in [6.07, 6.45) is 6.50. The van der Waals surface area contributed by atoms with Gasteiger partial charge in [0.1, 0.15) is 6.07 Å². The van der Waals surface area contributed by atoms with Crippen molar-refractivity contribution in [2.24, 2.45) is 5.92 Å². The normalized spacial score (nSPS) is 18.8. The Kier molecular flexibility index (Phi) is 6.98. The fourth-order valence-corrected chi connectivity index (χ4v) is 3.89. The number of carbonyl (C=O) groups excluding carboxylic acids is 1. The highest BCUT2D eigenvalue weighted by Crippen LogP contribution is 2.37. The third-order valence-electron chi connectivity index (χ3n) is 5.71. The predicted molar refractivity (Wildman–Crippen MR) is 106 cm³/mol. The number of unbranched alkanes of at least 4 members (excludes halogenated alkanes) is 1. The van der Waals surface area contributed by atoms with Crippen LogP contribution in [0.4, 0.5) is 8.78 Å². The molecule has 2 aromatic carbocycles. The Morgan fingerprint density at radius 1 is 1.07 bits per heavy atom. The van der Waals surface area contributed by atoms with Gasteiger partial charge in [0.05, 0.1) is 11.5 Å². The number of aryl methyl sites for hydroxylation is 1. The fourth-order valence-electron chi connectivity index (χ4n) is 3.89. The second-order valence-electron chi connectivity index (χ2n) is 7.67. The number of ether oxygens (including phenoxy) is 1. The van der Waals surface area contributed by atoms with E-state index in [0.717, 1.165) is 31.4 Å². The van der Waals surface area contributed by atoms with E-state index in [4.69, 9.17) is 10.00 Å². The van der Waals surface area contributed by atoms with Crippen LogP contribution in [0, 0.1) is 28.9 Å². The third kappa shape index (κ3) is 5.00. The molecule has 0 bridgehead atoms. The minimum absolute atomic E-state index is 0.326. The van der Waals surface area contributed by atoms with E-state index >= 15 is 0 Å². The van der Waals surface area contributed by atoms with Crippen LogP contribution in [0.1, 0.15) is 68.1 Å². The lowest BCUT2D eigenvalue weighted by atomic mass is 9.78. The van der Waals surface area contributed by atoms with Crippen LogP contribution in [0.2, 0.25) is 0 Å². The lowest BCUT2D eigenvalue weighted by Gasteiger charge is -2.27. The van der Waals surface area contributed by atoms with Gasteiger partial charge in [0.25, 0.3) is 0 Å². The van der Waals surface area contributed by atoms with E-state index in [1.54, 1.807) is 6.07 Å². The minimum atomic E-state index is -1.30. The zero-order chi connectivity index (χ0) is 20.8. The molecule has 0 unspecified atom stereocenters. The topological polar surface area (TPSA) is 50.1 Å². The Balaban J connectivity index is 1.56. The SMILES string of the molecule is CCCCc1ccc([C@H]2CC[C@H](C(=O)Oc3ccc(C#N)c(F)c3F)CC2)cc1. The molecule has 0 radical (unpaired) electrons. The van der Waals surface area contributed by atoms with Crippen LogP contribution in [-0.2, 0) is 11.2 Å². The molecule has 29 heavy (non-hydrogen) atoms. The average molecular weight is 397 g/mol. The highest BCUT2D eigenvalue weighted by molar-refractivity contribution is 5.75. The van der Waals surface area contributed by atoms with Gasteiger partial charge >= 0.3 is 5.97 Å². The summed E-state index contributed by atoms with van der Waals surface area (Å²) in [5.74, 6) is -3.51. The Morgan fingerprint density at radius 2 is 1.76 bits per heavy atom. The molecule has 3 nitrogen and oxygen atoms in total. The summed E-state index contributed by atoms with van der Waals surface area (Å²) in [5.41, 5.74) is 2.23. The Bertz CT molecular complexity index is 894. The number of carbonyl (C=O) groups is 1. The van der Waals surface area contributed by atoms with Gasteiger partial charge in [-0.05, 0) is 67.7 Å². The minimum Gasteiger partial charge on any atom is -0.423 e. The quantitative estimate of drug-likeness (QED) is 0.440. The number of halogens is 2. The molecule has 1 aliphatic rings. The standard InChI is InChI=1S/C24H25F2NO2/c1-2-3-4-16-5-7-17(8-6-16)18-9-11-19(12-10-18)24(28)29-21-14-13-20(15-27)22(25)23(21)26/h5-8,13-14,18-19H,2-4,9-12H2,1H3/t18-,19-. The molecule has 1 aliphatic carbocycles. The largest absolute Gasteiger partial charge is 0.423 e. The number of benzene rings is 2. The second-order valence-corrected chi connectivity index (χ2v) is 7.67. The van der Waals surface area contributed by atoms with Crippen molar-refractivity contribution in [2.45, 2.75) is 57.8 Å². The first-order chi connectivity index (χ1) is 14.0.